The summed E-state index contributed by atoms with van der Waals surface area (Å²) < 4.78 is 1.02. The highest BCUT2D eigenvalue weighted by molar-refractivity contribution is 14.1. The van der Waals surface area contributed by atoms with Gasteiger partial charge in [-0.05, 0) is 40.8 Å². The average Bonchev–Trinajstić information content (AvgIpc) is 2.56. The van der Waals surface area contributed by atoms with Gasteiger partial charge in [0.2, 0.25) is 0 Å². The SMILES string of the molecule is Clc1cc2ncc(I)cc2c(Cl)n1.Clc1cc2ncccc2c(Cl)n1. The van der Waals surface area contributed by atoms with Crippen LogP contribution in [0.25, 0.3) is 21.8 Å². The van der Waals surface area contributed by atoms with Gasteiger partial charge in [-0.2, -0.15) is 0 Å². The van der Waals surface area contributed by atoms with Gasteiger partial charge in [-0.3, -0.25) is 9.97 Å². The van der Waals surface area contributed by atoms with E-state index in [4.69, 9.17) is 46.4 Å². The third-order valence-electron chi connectivity index (χ3n) is 3.09. The fourth-order valence-electron chi connectivity index (χ4n) is 2.04. The first-order chi connectivity index (χ1) is 11.9. The third-order valence-corrected chi connectivity index (χ3v) is 4.64. The number of aromatic nitrogens is 4. The first-order valence-electron chi connectivity index (χ1n) is 6.78. The highest BCUT2D eigenvalue weighted by Crippen LogP contribution is 2.24. The molecule has 0 aliphatic heterocycles. The molecule has 4 aromatic rings. The lowest BCUT2D eigenvalue weighted by atomic mass is 10.3. The van der Waals surface area contributed by atoms with Crippen LogP contribution < -0.4 is 0 Å². The van der Waals surface area contributed by atoms with Crippen LogP contribution in [-0.4, -0.2) is 19.9 Å². The van der Waals surface area contributed by atoms with E-state index in [0.717, 1.165) is 25.4 Å². The van der Waals surface area contributed by atoms with Gasteiger partial charge < -0.3 is 0 Å². The number of fused-ring (bicyclic) bond motifs is 2. The van der Waals surface area contributed by atoms with E-state index in [2.05, 4.69) is 42.5 Å². The Morgan fingerprint density at radius 1 is 0.760 bits per heavy atom. The highest BCUT2D eigenvalue weighted by Gasteiger charge is 2.04. The van der Waals surface area contributed by atoms with Crippen molar-refractivity contribution in [2.75, 3.05) is 0 Å². The third kappa shape index (κ3) is 4.60. The maximum Gasteiger partial charge on any atom is 0.140 e. The predicted molar refractivity (Wildman–Crippen MR) is 112 cm³/mol. The lowest BCUT2D eigenvalue weighted by Crippen LogP contribution is -1.85. The van der Waals surface area contributed by atoms with Crippen LogP contribution >= 0.6 is 69.0 Å². The van der Waals surface area contributed by atoms with E-state index in [1.807, 2.05) is 18.2 Å². The smallest absolute Gasteiger partial charge is 0.140 e. The molecule has 0 radical (unpaired) electrons. The molecule has 0 N–H and O–H groups in total. The van der Waals surface area contributed by atoms with Gasteiger partial charge in [0.25, 0.3) is 0 Å². The van der Waals surface area contributed by atoms with Crippen molar-refractivity contribution in [2.45, 2.75) is 0 Å². The largest absolute Gasteiger partial charge is 0.256 e. The summed E-state index contributed by atoms with van der Waals surface area (Å²) in [6.07, 6.45) is 3.45. The van der Waals surface area contributed by atoms with E-state index in [9.17, 15) is 0 Å². The van der Waals surface area contributed by atoms with E-state index in [0.29, 0.717) is 20.6 Å². The van der Waals surface area contributed by atoms with Crippen molar-refractivity contribution in [3.63, 3.8) is 0 Å². The van der Waals surface area contributed by atoms with Crippen molar-refractivity contribution in [3.05, 3.63) is 66.9 Å². The molecule has 126 valence electrons. The zero-order valence-corrected chi connectivity index (χ0v) is 17.4. The summed E-state index contributed by atoms with van der Waals surface area (Å²) in [5.41, 5.74) is 1.54. The summed E-state index contributed by atoms with van der Waals surface area (Å²) in [5, 5.41) is 3.18. The molecule has 0 unspecified atom stereocenters. The minimum absolute atomic E-state index is 0.367. The monoisotopic (exact) mass is 522 g/mol. The van der Waals surface area contributed by atoms with E-state index in [1.165, 1.54) is 0 Å². The van der Waals surface area contributed by atoms with Crippen molar-refractivity contribution in [2.24, 2.45) is 0 Å². The van der Waals surface area contributed by atoms with Gasteiger partial charge >= 0.3 is 0 Å². The van der Waals surface area contributed by atoms with Crippen LogP contribution in [0.15, 0.2) is 42.7 Å². The molecule has 4 aromatic heterocycles. The molecule has 4 heterocycles. The molecule has 0 aliphatic carbocycles. The van der Waals surface area contributed by atoms with Crippen molar-refractivity contribution in [1.29, 1.82) is 0 Å². The van der Waals surface area contributed by atoms with Crippen LogP contribution in [0.3, 0.4) is 0 Å². The van der Waals surface area contributed by atoms with Crippen molar-refractivity contribution < 1.29 is 0 Å². The highest BCUT2D eigenvalue weighted by atomic mass is 127. The molecule has 0 amide bonds. The fourth-order valence-corrected chi connectivity index (χ4v) is 3.44. The molecule has 0 saturated heterocycles. The second-order valence-corrected chi connectivity index (χ2v) is 7.50. The first-order valence-corrected chi connectivity index (χ1v) is 9.37. The van der Waals surface area contributed by atoms with Gasteiger partial charge in [0.15, 0.2) is 0 Å². The Hall–Kier alpha value is -0.990. The quantitative estimate of drug-likeness (QED) is 0.196. The standard InChI is InChI=1S/C8H3Cl2IN2.C8H4Cl2N2/c9-7-2-6-5(8(10)13-7)1-4(11)3-12-6;9-7-4-6-5(8(10)12-7)2-1-3-11-6/h1-3H;1-4H. The summed E-state index contributed by atoms with van der Waals surface area (Å²) in [6, 6.07) is 8.97. The van der Waals surface area contributed by atoms with Gasteiger partial charge in [0.05, 0.1) is 11.0 Å². The Bertz CT molecular complexity index is 1070. The van der Waals surface area contributed by atoms with Gasteiger partial charge in [-0.15, -0.1) is 0 Å². The van der Waals surface area contributed by atoms with Crippen LogP contribution in [-0.2, 0) is 0 Å². The molecule has 0 saturated carbocycles. The van der Waals surface area contributed by atoms with Crippen molar-refractivity contribution in [3.8, 4) is 0 Å². The minimum Gasteiger partial charge on any atom is -0.256 e. The van der Waals surface area contributed by atoms with E-state index >= 15 is 0 Å². The Balaban J connectivity index is 0.000000146. The summed E-state index contributed by atoms with van der Waals surface area (Å²) in [7, 11) is 0. The Kier molecular flexibility index (Phi) is 6.12. The summed E-state index contributed by atoms with van der Waals surface area (Å²) in [6.45, 7) is 0. The zero-order valence-electron chi connectivity index (χ0n) is 12.2. The molecule has 0 aliphatic rings. The average molecular weight is 524 g/mol. The second kappa shape index (κ2) is 8.14. The van der Waals surface area contributed by atoms with Crippen LogP contribution in [0, 0.1) is 3.57 Å². The molecule has 9 heteroatoms. The molecule has 25 heavy (non-hydrogen) atoms. The zero-order chi connectivity index (χ0) is 18.0. The predicted octanol–water partition coefficient (Wildman–Crippen LogP) is 6.48. The van der Waals surface area contributed by atoms with Gasteiger partial charge in [-0.25, -0.2) is 9.97 Å². The fraction of sp³-hybridized carbons (Fsp3) is 0. The number of halogens is 5. The molecular formula is C16H7Cl4IN4. The van der Waals surface area contributed by atoms with Crippen molar-refractivity contribution >= 4 is 90.8 Å². The van der Waals surface area contributed by atoms with Crippen LogP contribution in [0.4, 0.5) is 0 Å². The minimum atomic E-state index is 0.367. The van der Waals surface area contributed by atoms with E-state index in [-0.39, 0.29) is 0 Å². The first kappa shape index (κ1) is 18.8. The molecule has 4 nitrogen and oxygen atoms in total. The molecule has 0 fully saturated rings. The Morgan fingerprint density at radius 3 is 2.04 bits per heavy atom. The number of hydrogen-bond donors (Lipinski definition) is 0. The molecule has 0 spiro atoms. The van der Waals surface area contributed by atoms with Gasteiger partial charge in [-0.1, -0.05) is 46.4 Å². The molecule has 0 aromatic carbocycles. The molecule has 0 atom stereocenters. The molecule has 0 bridgehead atoms. The second-order valence-electron chi connectivity index (χ2n) is 4.76. The topological polar surface area (TPSA) is 51.6 Å². The number of hydrogen-bond acceptors (Lipinski definition) is 4. The number of pyridine rings is 4. The number of nitrogens with zero attached hydrogens (tertiary/aromatic N) is 4. The molecular weight excluding hydrogens is 517 g/mol. The summed E-state index contributed by atoms with van der Waals surface area (Å²) in [4.78, 5) is 16.1. The summed E-state index contributed by atoms with van der Waals surface area (Å²) >= 11 is 25.3. The lowest BCUT2D eigenvalue weighted by molar-refractivity contribution is 1.31. The summed E-state index contributed by atoms with van der Waals surface area (Å²) in [5.74, 6) is 0. The van der Waals surface area contributed by atoms with Gasteiger partial charge in [0, 0.05) is 38.9 Å². The van der Waals surface area contributed by atoms with Gasteiger partial charge in [0.1, 0.15) is 20.6 Å². The van der Waals surface area contributed by atoms with E-state index < -0.39 is 0 Å². The molecule has 4 rings (SSSR count). The Labute approximate surface area is 176 Å². The van der Waals surface area contributed by atoms with Crippen LogP contribution in [0.1, 0.15) is 0 Å². The normalized spacial score (nSPS) is 10.6. The Morgan fingerprint density at radius 2 is 1.36 bits per heavy atom. The van der Waals surface area contributed by atoms with Crippen molar-refractivity contribution in [1.82, 2.24) is 19.9 Å². The maximum atomic E-state index is 5.90. The van der Waals surface area contributed by atoms with Crippen LogP contribution in [0.2, 0.25) is 20.6 Å². The van der Waals surface area contributed by atoms with E-state index in [1.54, 1.807) is 24.5 Å². The maximum absolute atomic E-state index is 5.90. The number of rotatable bonds is 0. The lowest BCUT2D eigenvalue weighted by Gasteiger charge is -2.00. The van der Waals surface area contributed by atoms with Crippen LogP contribution in [0.5, 0.6) is 0 Å².